The Hall–Kier alpha value is 0.0900. The highest BCUT2D eigenvalue weighted by Gasteiger charge is 2.71. The molecule has 0 aromatic heterocycles. The molecule has 4 aliphatic rings. The highest BCUT2D eigenvalue weighted by atomic mass is 35.5. The third kappa shape index (κ3) is 1.22. The largest absolute Gasteiger partial charge is 0.364 e. The SMILES string of the molecule is ClC1C2(OCCO2)[C@@H]2CC[C@@H](O2)C12OCCO2. The molecule has 4 saturated heterocycles. The minimum Gasteiger partial charge on any atom is -0.364 e. The molecule has 0 radical (unpaired) electrons. The lowest BCUT2D eigenvalue weighted by Gasteiger charge is -2.49. The molecule has 4 fully saturated rings. The third-order valence-electron chi connectivity index (χ3n) is 4.10. The van der Waals surface area contributed by atoms with E-state index in [2.05, 4.69) is 0 Å². The van der Waals surface area contributed by atoms with Gasteiger partial charge in [-0.2, -0.15) is 0 Å². The van der Waals surface area contributed by atoms with E-state index in [0.29, 0.717) is 26.4 Å². The molecule has 1 unspecified atom stereocenters. The zero-order valence-corrected chi connectivity index (χ0v) is 10.1. The summed E-state index contributed by atoms with van der Waals surface area (Å²) < 4.78 is 29.0. The molecule has 4 rings (SSSR count). The first-order valence-electron chi connectivity index (χ1n) is 6.13. The van der Waals surface area contributed by atoms with E-state index in [1.807, 2.05) is 0 Å². The molecule has 2 spiro atoms. The van der Waals surface area contributed by atoms with Crippen LogP contribution in [0.25, 0.3) is 0 Å². The summed E-state index contributed by atoms with van der Waals surface area (Å²) in [5.41, 5.74) is 0. The number of fused-ring (bicyclic) bond motifs is 4. The van der Waals surface area contributed by atoms with Crippen molar-refractivity contribution in [1.82, 2.24) is 0 Å². The number of hydrogen-bond acceptors (Lipinski definition) is 5. The van der Waals surface area contributed by atoms with E-state index in [9.17, 15) is 0 Å². The van der Waals surface area contributed by atoms with Gasteiger partial charge >= 0.3 is 0 Å². The minimum atomic E-state index is -0.890. The van der Waals surface area contributed by atoms with Crippen LogP contribution in [0.1, 0.15) is 12.8 Å². The van der Waals surface area contributed by atoms with Crippen molar-refractivity contribution in [2.24, 2.45) is 0 Å². The van der Waals surface area contributed by atoms with Crippen LogP contribution in [0, 0.1) is 0 Å². The maximum atomic E-state index is 6.59. The maximum absolute atomic E-state index is 6.59. The van der Waals surface area contributed by atoms with Crippen molar-refractivity contribution in [1.29, 1.82) is 0 Å². The van der Waals surface area contributed by atoms with Gasteiger partial charge in [0.25, 0.3) is 0 Å². The molecule has 0 N–H and O–H groups in total. The monoisotopic (exact) mass is 262 g/mol. The van der Waals surface area contributed by atoms with Crippen molar-refractivity contribution >= 4 is 11.6 Å². The standard InChI is InChI=1S/C11H15ClO5/c12-9-10(13-3-4-14-10)7-1-2-8(17-7)11(9)15-5-6-16-11/h7-9H,1-6H2/t7-,8+,9?. The highest BCUT2D eigenvalue weighted by molar-refractivity contribution is 6.22. The molecule has 2 bridgehead atoms. The molecule has 4 heterocycles. The van der Waals surface area contributed by atoms with E-state index >= 15 is 0 Å². The fourth-order valence-electron chi connectivity index (χ4n) is 3.39. The predicted octanol–water partition coefficient (Wildman–Crippen LogP) is 0.641. The van der Waals surface area contributed by atoms with Crippen LogP contribution >= 0.6 is 11.6 Å². The Labute approximate surface area is 104 Å². The molecule has 6 heteroatoms. The average Bonchev–Trinajstić information content (AvgIpc) is 3.07. The Morgan fingerprint density at radius 3 is 1.59 bits per heavy atom. The predicted molar refractivity (Wildman–Crippen MR) is 56.8 cm³/mol. The second-order valence-electron chi connectivity index (χ2n) is 4.89. The minimum absolute atomic E-state index is 0.101. The summed E-state index contributed by atoms with van der Waals surface area (Å²) in [6, 6.07) is 0. The molecule has 0 saturated carbocycles. The first kappa shape index (κ1) is 11.0. The van der Waals surface area contributed by atoms with E-state index in [-0.39, 0.29) is 12.2 Å². The second kappa shape index (κ2) is 3.56. The fraction of sp³-hybridized carbons (Fsp3) is 1.00. The van der Waals surface area contributed by atoms with Gasteiger partial charge in [0.15, 0.2) is 0 Å². The van der Waals surface area contributed by atoms with Gasteiger partial charge in [-0.3, -0.25) is 0 Å². The molecule has 0 amide bonds. The summed E-state index contributed by atoms with van der Waals surface area (Å²) in [6.45, 7) is 2.18. The number of rotatable bonds is 0. The normalized spacial score (nSPS) is 46.1. The molecular formula is C11H15ClO5. The van der Waals surface area contributed by atoms with E-state index in [1.165, 1.54) is 0 Å². The van der Waals surface area contributed by atoms with Gasteiger partial charge in [0.1, 0.15) is 17.6 Å². The van der Waals surface area contributed by atoms with Gasteiger partial charge in [-0.25, -0.2) is 0 Å². The summed E-state index contributed by atoms with van der Waals surface area (Å²) in [5, 5.41) is -0.480. The topological polar surface area (TPSA) is 46.2 Å². The molecule has 96 valence electrons. The van der Waals surface area contributed by atoms with Crippen LogP contribution in [-0.4, -0.2) is 55.6 Å². The van der Waals surface area contributed by atoms with Crippen LogP contribution in [-0.2, 0) is 23.7 Å². The van der Waals surface area contributed by atoms with Crippen LogP contribution in [0.2, 0.25) is 0 Å². The van der Waals surface area contributed by atoms with Gasteiger partial charge < -0.3 is 23.7 Å². The smallest absolute Gasteiger partial charge is 0.217 e. The van der Waals surface area contributed by atoms with Gasteiger partial charge in [-0.15, -0.1) is 11.6 Å². The van der Waals surface area contributed by atoms with Crippen molar-refractivity contribution in [3.63, 3.8) is 0 Å². The summed E-state index contributed by atoms with van der Waals surface area (Å²) in [5.74, 6) is -1.78. The van der Waals surface area contributed by atoms with Gasteiger partial charge in [0.2, 0.25) is 11.6 Å². The van der Waals surface area contributed by atoms with Gasteiger partial charge in [0.05, 0.1) is 26.4 Å². The number of halogens is 1. The first-order chi connectivity index (χ1) is 8.28. The van der Waals surface area contributed by atoms with E-state index in [4.69, 9.17) is 35.3 Å². The Balaban J connectivity index is 1.77. The Bertz CT molecular complexity index is 294. The Kier molecular flexibility index (Phi) is 2.29. The van der Waals surface area contributed by atoms with Gasteiger partial charge in [-0.05, 0) is 12.8 Å². The molecule has 17 heavy (non-hydrogen) atoms. The number of ether oxygens (including phenoxy) is 5. The highest BCUT2D eigenvalue weighted by Crippen LogP contribution is 2.53. The van der Waals surface area contributed by atoms with Crippen LogP contribution in [0.4, 0.5) is 0 Å². The maximum Gasteiger partial charge on any atom is 0.217 e. The molecule has 3 atom stereocenters. The summed E-state index contributed by atoms with van der Waals surface area (Å²) >= 11 is 6.59. The Morgan fingerprint density at radius 1 is 0.765 bits per heavy atom. The van der Waals surface area contributed by atoms with E-state index < -0.39 is 17.0 Å². The first-order valence-corrected chi connectivity index (χ1v) is 6.57. The van der Waals surface area contributed by atoms with Crippen LogP contribution in [0.15, 0.2) is 0 Å². The van der Waals surface area contributed by atoms with Crippen molar-refractivity contribution in [2.45, 2.75) is 42.0 Å². The molecule has 0 aromatic rings. The quantitative estimate of drug-likeness (QED) is 0.600. The fourth-order valence-corrected chi connectivity index (χ4v) is 3.92. The summed E-state index contributed by atoms with van der Waals surface area (Å²) in [4.78, 5) is 0. The molecule has 5 nitrogen and oxygen atoms in total. The number of alkyl halides is 1. The molecule has 0 aromatic carbocycles. The second-order valence-corrected chi connectivity index (χ2v) is 5.33. The number of hydrogen-bond donors (Lipinski definition) is 0. The lowest BCUT2D eigenvalue weighted by Crippen LogP contribution is -2.68. The Morgan fingerprint density at radius 2 is 1.18 bits per heavy atom. The average molecular weight is 263 g/mol. The van der Waals surface area contributed by atoms with Gasteiger partial charge in [0, 0.05) is 0 Å². The molecular weight excluding hydrogens is 248 g/mol. The lowest BCUT2D eigenvalue weighted by molar-refractivity contribution is -0.344. The summed E-state index contributed by atoms with van der Waals surface area (Å²) in [7, 11) is 0. The third-order valence-corrected chi connectivity index (χ3v) is 4.71. The zero-order chi connectivity index (χ0) is 11.5. The molecule has 4 aliphatic heterocycles. The van der Waals surface area contributed by atoms with Crippen molar-refractivity contribution < 1.29 is 23.7 Å². The van der Waals surface area contributed by atoms with Crippen LogP contribution < -0.4 is 0 Å². The zero-order valence-electron chi connectivity index (χ0n) is 9.39. The van der Waals surface area contributed by atoms with Crippen LogP contribution in [0.5, 0.6) is 0 Å². The van der Waals surface area contributed by atoms with Crippen molar-refractivity contribution in [3.05, 3.63) is 0 Å². The van der Waals surface area contributed by atoms with Gasteiger partial charge in [-0.1, -0.05) is 0 Å². The summed E-state index contributed by atoms with van der Waals surface area (Å²) in [6.07, 6.45) is 1.55. The van der Waals surface area contributed by atoms with Crippen LogP contribution in [0.3, 0.4) is 0 Å². The van der Waals surface area contributed by atoms with E-state index in [0.717, 1.165) is 12.8 Å². The molecule has 0 aliphatic carbocycles. The van der Waals surface area contributed by atoms with E-state index in [1.54, 1.807) is 0 Å². The lowest BCUT2D eigenvalue weighted by atomic mass is 9.96. The van der Waals surface area contributed by atoms with Crippen molar-refractivity contribution in [2.75, 3.05) is 26.4 Å². The van der Waals surface area contributed by atoms with Crippen molar-refractivity contribution in [3.8, 4) is 0 Å².